The molecule has 2 fully saturated rings. The van der Waals surface area contributed by atoms with Crippen LogP contribution in [0.5, 0.6) is 0 Å². The summed E-state index contributed by atoms with van der Waals surface area (Å²) in [5.41, 5.74) is 0.353. The van der Waals surface area contributed by atoms with Gasteiger partial charge in [-0.05, 0) is 44.7 Å². The number of aryl methyl sites for hydroxylation is 1. The molecule has 1 N–H and O–H groups in total. The Hall–Kier alpha value is -1.16. The Morgan fingerprint density at radius 2 is 2.33 bits per heavy atom. The van der Waals surface area contributed by atoms with Gasteiger partial charge in [-0.1, -0.05) is 0 Å². The van der Waals surface area contributed by atoms with Crippen molar-refractivity contribution in [2.24, 2.45) is 11.3 Å². The van der Waals surface area contributed by atoms with Gasteiger partial charge < -0.3 is 9.88 Å². The molecule has 1 saturated heterocycles. The lowest BCUT2D eigenvalue weighted by Crippen LogP contribution is -2.31. The lowest BCUT2D eigenvalue weighted by molar-refractivity contribution is -0.120. The minimum Gasteiger partial charge on any atom is -0.335 e. The van der Waals surface area contributed by atoms with E-state index in [-0.39, 0.29) is 0 Å². The van der Waals surface area contributed by atoms with E-state index in [4.69, 9.17) is 0 Å². The second-order valence-corrected chi connectivity index (χ2v) is 5.64. The van der Waals surface area contributed by atoms with Crippen LogP contribution in [-0.4, -0.2) is 28.4 Å². The van der Waals surface area contributed by atoms with Gasteiger partial charge in [-0.2, -0.15) is 0 Å². The van der Waals surface area contributed by atoms with E-state index in [2.05, 4.69) is 21.8 Å². The van der Waals surface area contributed by atoms with Crippen LogP contribution in [0, 0.1) is 11.3 Å². The lowest BCUT2D eigenvalue weighted by atomic mass is 9.90. The third-order valence-electron chi connectivity index (χ3n) is 4.65. The van der Waals surface area contributed by atoms with Gasteiger partial charge in [0.1, 0.15) is 11.6 Å². The van der Waals surface area contributed by atoms with Crippen molar-refractivity contribution in [1.29, 1.82) is 0 Å². The smallest absolute Gasteiger partial charge is 0.144 e. The van der Waals surface area contributed by atoms with Gasteiger partial charge in [0.25, 0.3) is 0 Å². The number of ketones is 1. The zero-order chi connectivity index (χ0) is 12.6. The van der Waals surface area contributed by atoms with Crippen LogP contribution in [0.2, 0.25) is 0 Å². The fourth-order valence-corrected chi connectivity index (χ4v) is 3.35. The molecule has 98 valence electrons. The molecule has 2 aliphatic rings. The fourth-order valence-electron chi connectivity index (χ4n) is 3.35. The molecule has 1 spiro atoms. The van der Waals surface area contributed by atoms with Gasteiger partial charge in [0.15, 0.2) is 0 Å². The highest BCUT2D eigenvalue weighted by Crippen LogP contribution is 2.59. The number of carbonyl (C=O) groups is 1. The van der Waals surface area contributed by atoms with Crippen molar-refractivity contribution in [3.8, 4) is 0 Å². The molecule has 1 saturated carbocycles. The second kappa shape index (κ2) is 4.50. The van der Waals surface area contributed by atoms with Crippen molar-refractivity contribution in [1.82, 2.24) is 14.9 Å². The van der Waals surface area contributed by atoms with Gasteiger partial charge in [0.05, 0.1) is 6.42 Å². The maximum Gasteiger partial charge on any atom is 0.144 e. The monoisotopic (exact) mass is 247 g/mol. The summed E-state index contributed by atoms with van der Waals surface area (Å²) in [5, 5.41) is 3.38. The standard InChI is InChI=1S/C14H21N3O/c1-2-17-8-7-16-13(17)9-12(18)11-10-14(11)3-5-15-6-4-14/h7-8,11,15H,2-6,9-10H2,1H3. The summed E-state index contributed by atoms with van der Waals surface area (Å²) in [6.45, 7) is 5.13. The minimum atomic E-state index is 0.307. The van der Waals surface area contributed by atoms with Gasteiger partial charge in [-0.3, -0.25) is 4.79 Å². The Bertz CT molecular complexity index is 446. The van der Waals surface area contributed by atoms with Crippen LogP contribution in [-0.2, 0) is 17.8 Å². The molecule has 1 aliphatic carbocycles. The maximum atomic E-state index is 12.3. The molecule has 2 heterocycles. The fraction of sp³-hybridized carbons (Fsp3) is 0.714. The summed E-state index contributed by atoms with van der Waals surface area (Å²) in [7, 11) is 0. The van der Waals surface area contributed by atoms with Crippen LogP contribution < -0.4 is 5.32 Å². The van der Waals surface area contributed by atoms with Crippen molar-refractivity contribution >= 4 is 5.78 Å². The average molecular weight is 247 g/mol. The van der Waals surface area contributed by atoms with Crippen LogP contribution in [0.25, 0.3) is 0 Å². The SMILES string of the molecule is CCn1ccnc1CC(=O)C1CC12CCNCC2. The Kier molecular flexibility index (Phi) is 2.98. The summed E-state index contributed by atoms with van der Waals surface area (Å²) < 4.78 is 2.06. The molecule has 0 amide bonds. The van der Waals surface area contributed by atoms with Crippen LogP contribution in [0.3, 0.4) is 0 Å². The minimum absolute atomic E-state index is 0.307. The quantitative estimate of drug-likeness (QED) is 0.875. The predicted octanol–water partition coefficient (Wildman–Crippen LogP) is 1.40. The summed E-state index contributed by atoms with van der Waals surface area (Å²) in [4.78, 5) is 16.6. The Morgan fingerprint density at radius 1 is 1.56 bits per heavy atom. The molecule has 4 nitrogen and oxygen atoms in total. The van der Waals surface area contributed by atoms with Crippen LogP contribution in [0.15, 0.2) is 12.4 Å². The first-order valence-corrected chi connectivity index (χ1v) is 6.98. The van der Waals surface area contributed by atoms with Gasteiger partial charge in [0, 0.05) is 24.9 Å². The Labute approximate surface area is 108 Å². The number of imidazole rings is 1. The van der Waals surface area contributed by atoms with E-state index >= 15 is 0 Å². The summed E-state index contributed by atoms with van der Waals surface area (Å²) in [6, 6.07) is 0. The zero-order valence-electron chi connectivity index (χ0n) is 11.0. The molecule has 0 bridgehead atoms. The number of carbonyl (C=O) groups excluding carboxylic acids is 1. The number of hydrogen-bond acceptors (Lipinski definition) is 3. The highest BCUT2D eigenvalue weighted by Gasteiger charge is 2.57. The molecule has 1 aliphatic heterocycles. The highest BCUT2D eigenvalue weighted by atomic mass is 16.1. The molecule has 0 radical (unpaired) electrons. The number of rotatable bonds is 4. The second-order valence-electron chi connectivity index (χ2n) is 5.64. The number of Topliss-reactive ketones (excluding diaryl/α,β-unsaturated/α-hetero) is 1. The van der Waals surface area contributed by atoms with Crippen molar-refractivity contribution in [3.05, 3.63) is 18.2 Å². The van der Waals surface area contributed by atoms with E-state index in [9.17, 15) is 4.79 Å². The maximum absolute atomic E-state index is 12.3. The first kappa shape index (κ1) is 11.9. The number of piperidine rings is 1. The van der Waals surface area contributed by atoms with Crippen molar-refractivity contribution in [3.63, 3.8) is 0 Å². The zero-order valence-corrected chi connectivity index (χ0v) is 11.0. The molecule has 0 aromatic carbocycles. The molecule has 1 aromatic rings. The number of nitrogens with zero attached hydrogens (tertiary/aromatic N) is 2. The molecule has 1 atom stereocenters. The molecular formula is C14H21N3O. The molecule has 3 rings (SSSR count). The van der Waals surface area contributed by atoms with E-state index < -0.39 is 0 Å². The third kappa shape index (κ3) is 1.99. The number of hydrogen-bond donors (Lipinski definition) is 1. The molecule has 1 aromatic heterocycles. The largest absolute Gasteiger partial charge is 0.335 e. The topological polar surface area (TPSA) is 46.9 Å². The Balaban J connectivity index is 1.63. The average Bonchev–Trinajstić information content (AvgIpc) is 2.89. The summed E-state index contributed by atoms with van der Waals surface area (Å²) in [6.07, 6.45) is 7.72. The third-order valence-corrected chi connectivity index (χ3v) is 4.65. The van der Waals surface area contributed by atoms with E-state index in [1.54, 1.807) is 6.20 Å². The van der Waals surface area contributed by atoms with Gasteiger partial charge >= 0.3 is 0 Å². The highest BCUT2D eigenvalue weighted by molar-refractivity contribution is 5.86. The van der Waals surface area contributed by atoms with E-state index in [1.165, 1.54) is 12.8 Å². The first-order chi connectivity index (χ1) is 8.75. The molecule has 18 heavy (non-hydrogen) atoms. The number of aromatic nitrogens is 2. The van der Waals surface area contributed by atoms with Gasteiger partial charge in [-0.25, -0.2) is 4.98 Å². The van der Waals surface area contributed by atoms with Crippen molar-refractivity contribution in [2.45, 2.75) is 39.2 Å². The molecule has 1 unspecified atom stereocenters. The van der Waals surface area contributed by atoms with Crippen molar-refractivity contribution in [2.75, 3.05) is 13.1 Å². The van der Waals surface area contributed by atoms with E-state index in [1.807, 2.05) is 6.20 Å². The number of nitrogens with one attached hydrogen (secondary N) is 1. The van der Waals surface area contributed by atoms with Crippen LogP contribution in [0.1, 0.15) is 32.0 Å². The Morgan fingerprint density at radius 3 is 3.06 bits per heavy atom. The summed E-state index contributed by atoms with van der Waals surface area (Å²) >= 11 is 0. The van der Waals surface area contributed by atoms with E-state index in [0.717, 1.165) is 31.9 Å². The lowest BCUT2D eigenvalue weighted by Gasteiger charge is -2.23. The van der Waals surface area contributed by atoms with Gasteiger partial charge in [0.2, 0.25) is 0 Å². The van der Waals surface area contributed by atoms with Crippen LogP contribution >= 0.6 is 0 Å². The normalized spacial score (nSPS) is 25.3. The predicted molar refractivity (Wildman–Crippen MR) is 69.3 cm³/mol. The summed E-state index contributed by atoms with van der Waals surface area (Å²) in [5.74, 6) is 1.64. The van der Waals surface area contributed by atoms with E-state index in [0.29, 0.717) is 23.5 Å². The van der Waals surface area contributed by atoms with Crippen molar-refractivity contribution < 1.29 is 4.79 Å². The molecular weight excluding hydrogens is 226 g/mol. The first-order valence-electron chi connectivity index (χ1n) is 6.98. The molecule has 4 heteroatoms. The van der Waals surface area contributed by atoms with Crippen LogP contribution in [0.4, 0.5) is 0 Å². The van der Waals surface area contributed by atoms with Gasteiger partial charge in [-0.15, -0.1) is 0 Å².